The Balaban J connectivity index is 2.82. The first-order chi connectivity index (χ1) is 7.91. The summed E-state index contributed by atoms with van der Waals surface area (Å²) in [4.78, 5) is 0. The molecule has 4 nitrogen and oxygen atoms in total. The molecule has 0 bridgehead atoms. The van der Waals surface area contributed by atoms with E-state index < -0.39 is 12.3 Å². The molecule has 96 valence electrons. The van der Waals surface area contributed by atoms with Gasteiger partial charge in [-0.25, -0.2) is 0 Å². The van der Waals surface area contributed by atoms with E-state index in [4.69, 9.17) is 33.7 Å². The van der Waals surface area contributed by atoms with Crippen molar-refractivity contribution in [1.29, 1.82) is 0 Å². The minimum Gasteiger partial charge on any atom is -0.471 e. The van der Waals surface area contributed by atoms with E-state index in [0.29, 0.717) is 15.8 Å². The topological polar surface area (TPSA) is 67.5 Å². The van der Waals surface area contributed by atoms with Crippen molar-refractivity contribution >= 4 is 23.2 Å². The van der Waals surface area contributed by atoms with Crippen molar-refractivity contribution in [2.45, 2.75) is 32.3 Å². The van der Waals surface area contributed by atoms with Gasteiger partial charge in [0.2, 0.25) is 0 Å². The Hall–Kier alpha value is -0.520. The second-order valence-electron chi connectivity index (χ2n) is 3.79. The highest BCUT2D eigenvalue weighted by molar-refractivity contribution is 6.42. The Morgan fingerprint density at radius 1 is 1.35 bits per heavy atom. The van der Waals surface area contributed by atoms with Crippen LogP contribution < -0.4 is 15.8 Å². The molecule has 0 radical (unpaired) electrons. The van der Waals surface area contributed by atoms with Crippen LogP contribution in [0.25, 0.3) is 0 Å². The highest BCUT2D eigenvalue weighted by Gasteiger charge is 2.19. The molecule has 0 aliphatic carbocycles. The Labute approximate surface area is 111 Å². The zero-order valence-corrected chi connectivity index (χ0v) is 11.2. The molecule has 0 amide bonds. The summed E-state index contributed by atoms with van der Waals surface area (Å²) in [5.74, 6) is 0.401. The first kappa shape index (κ1) is 14.5. The number of aliphatic hydroxyl groups excluding tert-OH is 1. The summed E-state index contributed by atoms with van der Waals surface area (Å²) in [5, 5.41) is 13.2. The number of ether oxygens (including phenoxy) is 1. The van der Waals surface area contributed by atoms with Crippen LogP contribution in [0, 0.1) is 0 Å². The lowest BCUT2D eigenvalue weighted by atomic mass is 10.3. The molecule has 0 fully saturated rings. The zero-order valence-electron chi connectivity index (χ0n) is 9.65. The van der Waals surface area contributed by atoms with E-state index in [-0.39, 0.29) is 6.17 Å². The van der Waals surface area contributed by atoms with Crippen molar-refractivity contribution in [3.8, 4) is 5.75 Å². The molecular weight excluding hydrogens is 263 g/mol. The lowest BCUT2D eigenvalue weighted by Crippen LogP contribution is -2.50. The molecule has 1 aromatic carbocycles. The van der Waals surface area contributed by atoms with Crippen LogP contribution in [0.2, 0.25) is 10.0 Å². The third-order valence-corrected chi connectivity index (χ3v) is 2.84. The van der Waals surface area contributed by atoms with Crippen molar-refractivity contribution in [1.82, 2.24) is 5.32 Å². The van der Waals surface area contributed by atoms with Crippen LogP contribution in [-0.4, -0.2) is 23.6 Å². The van der Waals surface area contributed by atoms with Gasteiger partial charge in [0.1, 0.15) is 16.9 Å². The predicted molar refractivity (Wildman–Crippen MR) is 69.3 cm³/mol. The maximum Gasteiger partial charge on any atom is 0.177 e. The standard InChI is InChI=1S/C11H16Cl2N2O2/c1-6(16)11(15-7(2)14)17-9-5-3-4-8(12)10(9)13/h3-7,11,15-16H,14H2,1-2H3. The van der Waals surface area contributed by atoms with Crippen molar-refractivity contribution in [2.75, 3.05) is 0 Å². The van der Waals surface area contributed by atoms with E-state index >= 15 is 0 Å². The van der Waals surface area contributed by atoms with E-state index in [0.717, 1.165) is 0 Å². The van der Waals surface area contributed by atoms with Crippen molar-refractivity contribution < 1.29 is 9.84 Å². The number of nitrogens with one attached hydrogen (secondary N) is 1. The summed E-state index contributed by atoms with van der Waals surface area (Å²) < 4.78 is 5.54. The first-order valence-corrected chi connectivity index (χ1v) is 5.97. The van der Waals surface area contributed by atoms with Gasteiger partial charge in [0.15, 0.2) is 6.23 Å². The smallest absolute Gasteiger partial charge is 0.177 e. The Morgan fingerprint density at radius 2 is 2.00 bits per heavy atom. The maximum absolute atomic E-state index is 9.56. The van der Waals surface area contributed by atoms with Gasteiger partial charge in [-0.15, -0.1) is 0 Å². The van der Waals surface area contributed by atoms with Gasteiger partial charge >= 0.3 is 0 Å². The summed E-state index contributed by atoms with van der Waals surface area (Å²) in [6, 6.07) is 5.05. The van der Waals surface area contributed by atoms with Crippen LogP contribution in [0.15, 0.2) is 18.2 Å². The second kappa shape index (κ2) is 6.42. The van der Waals surface area contributed by atoms with Gasteiger partial charge in [-0.1, -0.05) is 29.3 Å². The molecule has 0 heterocycles. The molecule has 0 aliphatic heterocycles. The minimum atomic E-state index is -0.740. The van der Waals surface area contributed by atoms with Crippen LogP contribution in [0.5, 0.6) is 5.75 Å². The Bertz CT molecular complexity index is 372. The Morgan fingerprint density at radius 3 is 2.53 bits per heavy atom. The highest BCUT2D eigenvalue weighted by atomic mass is 35.5. The third kappa shape index (κ3) is 4.33. The zero-order chi connectivity index (χ0) is 13.0. The molecular formula is C11H16Cl2N2O2. The molecule has 0 saturated heterocycles. The normalized spacial score (nSPS) is 16.4. The van der Waals surface area contributed by atoms with Gasteiger partial charge in [0.05, 0.1) is 11.2 Å². The van der Waals surface area contributed by atoms with Gasteiger partial charge in [-0.05, 0) is 26.0 Å². The van der Waals surface area contributed by atoms with Crippen LogP contribution in [0.1, 0.15) is 13.8 Å². The monoisotopic (exact) mass is 278 g/mol. The fourth-order valence-electron chi connectivity index (χ4n) is 1.24. The molecule has 4 N–H and O–H groups in total. The lowest BCUT2D eigenvalue weighted by Gasteiger charge is -2.25. The van der Waals surface area contributed by atoms with E-state index in [9.17, 15) is 5.11 Å². The van der Waals surface area contributed by atoms with E-state index in [1.165, 1.54) is 0 Å². The fraction of sp³-hybridized carbons (Fsp3) is 0.455. The van der Waals surface area contributed by atoms with Gasteiger partial charge in [0.25, 0.3) is 0 Å². The van der Waals surface area contributed by atoms with E-state index in [1.54, 1.807) is 32.0 Å². The van der Waals surface area contributed by atoms with Crippen LogP contribution >= 0.6 is 23.2 Å². The fourth-order valence-corrected chi connectivity index (χ4v) is 1.58. The minimum absolute atomic E-state index is 0.311. The summed E-state index contributed by atoms with van der Waals surface area (Å²) in [7, 11) is 0. The van der Waals surface area contributed by atoms with E-state index in [2.05, 4.69) is 5.32 Å². The van der Waals surface area contributed by atoms with Gasteiger partial charge in [-0.3, -0.25) is 5.32 Å². The predicted octanol–water partition coefficient (Wildman–Crippen LogP) is 1.97. The van der Waals surface area contributed by atoms with Gasteiger partial charge < -0.3 is 15.6 Å². The highest BCUT2D eigenvalue weighted by Crippen LogP contribution is 2.32. The molecule has 0 aromatic heterocycles. The molecule has 0 spiro atoms. The number of halogens is 2. The van der Waals surface area contributed by atoms with Crippen molar-refractivity contribution in [3.05, 3.63) is 28.2 Å². The average molecular weight is 279 g/mol. The number of benzene rings is 1. The van der Waals surface area contributed by atoms with Gasteiger partial charge in [0, 0.05) is 0 Å². The van der Waals surface area contributed by atoms with Crippen molar-refractivity contribution in [3.63, 3.8) is 0 Å². The summed E-state index contributed by atoms with van der Waals surface area (Å²) >= 11 is 11.8. The Kier molecular flexibility index (Phi) is 5.49. The van der Waals surface area contributed by atoms with Crippen molar-refractivity contribution in [2.24, 2.45) is 5.73 Å². The molecule has 3 unspecified atom stereocenters. The largest absolute Gasteiger partial charge is 0.471 e. The average Bonchev–Trinajstić information content (AvgIpc) is 2.22. The number of nitrogens with two attached hydrogens (primary N) is 1. The SMILES string of the molecule is CC(N)NC(Oc1cccc(Cl)c1Cl)C(C)O. The lowest BCUT2D eigenvalue weighted by molar-refractivity contribution is 0.0210. The van der Waals surface area contributed by atoms with Crippen LogP contribution in [0.3, 0.4) is 0 Å². The second-order valence-corrected chi connectivity index (χ2v) is 4.57. The molecule has 17 heavy (non-hydrogen) atoms. The number of rotatable bonds is 5. The molecule has 1 rings (SSSR count). The third-order valence-electron chi connectivity index (χ3n) is 2.04. The molecule has 1 aromatic rings. The first-order valence-electron chi connectivity index (χ1n) is 5.22. The van der Waals surface area contributed by atoms with Crippen LogP contribution in [0.4, 0.5) is 0 Å². The summed E-state index contributed by atoms with van der Waals surface area (Å²) in [6.45, 7) is 3.34. The molecule has 6 heteroatoms. The maximum atomic E-state index is 9.56. The summed E-state index contributed by atoms with van der Waals surface area (Å²) in [5.41, 5.74) is 5.59. The number of hydrogen-bond donors (Lipinski definition) is 3. The summed E-state index contributed by atoms with van der Waals surface area (Å²) in [6.07, 6.45) is -1.70. The number of aliphatic hydroxyl groups is 1. The van der Waals surface area contributed by atoms with E-state index in [1.807, 2.05) is 0 Å². The molecule has 0 saturated carbocycles. The van der Waals surface area contributed by atoms with Gasteiger partial charge in [-0.2, -0.15) is 0 Å². The quantitative estimate of drug-likeness (QED) is 0.721. The molecule has 0 aliphatic rings. The molecule has 3 atom stereocenters. The number of hydrogen-bond acceptors (Lipinski definition) is 4. The van der Waals surface area contributed by atoms with Crippen LogP contribution in [-0.2, 0) is 0 Å².